The number of nitrogens with zero attached hydrogens (tertiary/aromatic N) is 2. The Hall–Kier alpha value is -3.02. The van der Waals surface area contributed by atoms with E-state index in [0.29, 0.717) is 23.4 Å². The summed E-state index contributed by atoms with van der Waals surface area (Å²) in [6.07, 6.45) is 2.33. The Labute approximate surface area is 133 Å². The number of rotatable bonds is 3. The third kappa shape index (κ3) is 3.26. The molecule has 2 aromatic carbocycles. The van der Waals surface area contributed by atoms with Crippen LogP contribution < -0.4 is 5.43 Å². The summed E-state index contributed by atoms with van der Waals surface area (Å²) in [6, 6.07) is 13.5. The third-order valence-electron chi connectivity index (χ3n) is 3.78. The van der Waals surface area contributed by atoms with E-state index in [2.05, 4.69) is 10.5 Å². The van der Waals surface area contributed by atoms with E-state index in [1.807, 2.05) is 24.3 Å². The molecule has 0 fully saturated rings. The number of carbonyl (C=O) groups excluding carboxylic acids is 1. The average molecular weight is 309 g/mol. The Morgan fingerprint density at radius 2 is 1.78 bits per heavy atom. The zero-order valence-electron chi connectivity index (χ0n) is 12.4. The van der Waals surface area contributed by atoms with E-state index in [4.69, 9.17) is 0 Å². The van der Waals surface area contributed by atoms with E-state index in [1.54, 1.807) is 12.1 Å². The maximum Gasteiger partial charge on any atom is 0.269 e. The first-order chi connectivity index (χ1) is 11.1. The fraction of sp³-hybridized carbons (Fsp3) is 0.176. The van der Waals surface area contributed by atoms with Gasteiger partial charge in [0.25, 0.3) is 5.69 Å². The van der Waals surface area contributed by atoms with Crippen LogP contribution in [0.1, 0.15) is 28.8 Å². The van der Waals surface area contributed by atoms with Crippen molar-refractivity contribution in [2.75, 3.05) is 5.43 Å². The van der Waals surface area contributed by atoms with Crippen molar-refractivity contribution in [3.8, 4) is 0 Å². The van der Waals surface area contributed by atoms with Crippen molar-refractivity contribution >= 4 is 22.9 Å². The van der Waals surface area contributed by atoms with Crippen molar-refractivity contribution in [2.24, 2.45) is 5.10 Å². The van der Waals surface area contributed by atoms with Gasteiger partial charge in [-0.1, -0.05) is 24.3 Å². The summed E-state index contributed by atoms with van der Waals surface area (Å²) < 4.78 is 0. The van der Waals surface area contributed by atoms with Crippen LogP contribution in [0.2, 0.25) is 0 Å². The fourth-order valence-electron chi connectivity index (χ4n) is 2.57. The van der Waals surface area contributed by atoms with E-state index >= 15 is 0 Å². The molecule has 0 bridgehead atoms. The van der Waals surface area contributed by atoms with Crippen LogP contribution in [0.3, 0.4) is 0 Å². The number of hydrazone groups is 1. The lowest BCUT2D eigenvalue weighted by Gasteiger charge is -2.05. The number of nitro groups is 1. The van der Waals surface area contributed by atoms with Crippen molar-refractivity contribution in [3.05, 3.63) is 69.8 Å². The lowest BCUT2D eigenvalue weighted by molar-refractivity contribution is -0.384. The Morgan fingerprint density at radius 3 is 2.52 bits per heavy atom. The molecule has 116 valence electrons. The van der Waals surface area contributed by atoms with Crippen LogP contribution in [-0.2, 0) is 6.42 Å². The summed E-state index contributed by atoms with van der Waals surface area (Å²) in [5.74, 6) is -0.0625. The van der Waals surface area contributed by atoms with Gasteiger partial charge < -0.3 is 0 Å². The SMILES string of the molecule is O=C1/C(=N/Nc2ccc([N+](=O)[O-])cc2)CCCc2ccccc21. The first-order valence-corrected chi connectivity index (χ1v) is 7.35. The number of non-ortho nitro benzene ring substituents is 1. The van der Waals surface area contributed by atoms with Crippen LogP contribution in [-0.4, -0.2) is 16.4 Å². The van der Waals surface area contributed by atoms with Gasteiger partial charge in [0.2, 0.25) is 5.78 Å². The number of anilines is 1. The molecule has 0 spiro atoms. The van der Waals surface area contributed by atoms with Gasteiger partial charge in [-0.25, -0.2) is 0 Å². The van der Waals surface area contributed by atoms with Crippen LogP contribution in [0.25, 0.3) is 0 Å². The number of fused-ring (bicyclic) bond motifs is 1. The number of carbonyl (C=O) groups is 1. The molecule has 0 aliphatic heterocycles. The summed E-state index contributed by atoms with van der Waals surface area (Å²) in [5.41, 5.74) is 5.67. The number of nitro benzene ring substituents is 1. The zero-order chi connectivity index (χ0) is 16.2. The second-order valence-electron chi connectivity index (χ2n) is 5.31. The molecule has 0 heterocycles. The van der Waals surface area contributed by atoms with E-state index in [9.17, 15) is 14.9 Å². The van der Waals surface area contributed by atoms with Crippen LogP contribution in [0, 0.1) is 10.1 Å². The van der Waals surface area contributed by atoms with Crippen molar-refractivity contribution in [2.45, 2.75) is 19.3 Å². The highest BCUT2D eigenvalue weighted by atomic mass is 16.6. The summed E-state index contributed by atoms with van der Waals surface area (Å²) in [4.78, 5) is 22.7. The van der Waals surface area contributed by atoms with E-state index in [1.165, 1.54) is 12.1 Å². The second kappa shape index (κ2) is 6.39. The van der Waals surface area contributed by atoms with E-state index < -0.39 is 4.92 Å². The molecule has 0 radical (unpaired) electrons. The Morgan fingerprint density at radius 1 is 1.04 bits per heavy atom. The summed E-state index contributed by atoms with van der Waals surface area (Å²) >= 11 is 0. The minimum absolute atomic E-state index is 0.0164. The maximum atomic E-state index is 12.5. The Kier molecular flexibility index (Phi) is 4.14. The highest BCUT2D eigenvalue weighted by molar-refractivity contribution is 6.46. The normalized spacial score (nSPS) is 15.8. The molecule has 0 atom stereocenters. The molecule has 2 aromatic rings. The molecule has 0 saturated heterocycles. The van der Waals surface area contributed by atoms with Gasteiger partial charge in [-0.05, 0) is 37.0 Å². The predicted octanol–water partition coefficient (Wildman–Crippen LogP) is 3.58. The monoisotopic (exact) mass is 309 g/mol. The summed E-state index contributed by atoms with van der Waals surface area (Å²) in [7, 11) is 0. The van der Waals surface area contributed by atoms with Gasteiger partial charge >= 0.3 is 0 Å². The van der Waals surface area contributed by atoms with E-state index in [-0.39, 0.29) is 11.5 Å². The number of hydrogen-bond acceptors (Lipinski definition) is 5. The molecular weight excluding hydrogens is 294 g/mol. The molecule has 0 saturated carbocycles. The molecule has 3 rings (SSSR count). The molecule has 6 nitrogen and oxygen atoms in total. The standard InChI is InChI=1S/C17H15N3O3/c21-17-15-6-2-1-4-12(15)5-3-7-16(17)19-18-13-8-10-14(11-9-13)20(22)23/h1-2,4,6,8-11,18H,3,5,7H2/b19-16+. The molecule has 1 aliphatic carbocycles. The second-order valence-corrected chi connectivity index (χ2v) is 5.31. The van der Waals surface area contributed by atoms with Crippen LogP contribution >= 0.6 is 0 Å². The van der Waals surface area contributed by atoms with Crippen molar-refractivity contribution < 1.29 is 9.72 Å². The van der Waals surface area contributed by atoms with Crippen molar-refractivity contribution in [3.63, 3.8) is 0 Å². The molecule has 0 aromatic heterocycles. The Bertz CT molecular complexity index is 782. The molecule has 0 amide bonds. The van der Waals surface area contributed by atoms with Crippen LogP contribution in [0.4, 0.5) is 11.4 Å². The highest BCUT2D eigenvalue weighted by Crippen LogP contribution is 2.20. The number of aryl methyl sites for hydroxylation is 1. The largest absolute Gasteiger partial charge is 0.287 e. The molecule has 0 unspecified atom stereocenters. The smallest absolute Gasteiger partial charge is 0.269 e. The first kappa shape index (κ1) is 14.9. The fourth-order valence-corrected chi connectivity index (χ4v) is 2.57. The number of benzene rings is 2. The third-order valence-corrected chi connectivity index (χ3v) is 3.78. The number of hydrogen-bond donors (Lipinski definition) is 1. The lowest BCUT2D eigenvalue weighted by Crippen LogP contribution is -2.15. The molecular formula is C17H15N3O3. The molecule has 1 N–H and O–H groups in total. The lowest BCUT2D eigenvalue weighted by atomic mass is 10.0. The minimum atomic E-state index is -0.457. The van der Waals surface area contributed by atoms with Crippen molar-refractivity contribution in [1.82, 2.24) is 0 Å². The first-order valence-electron chi connectivity index (χ1n) is 7.35. The summed E-state index contributed by atoms with van der Waals surface area (Å²) in [6.45, 7) is 0. The van der Waals surface area contributed by atoms with Crippen LogP contribution in [0.5, 0.6) is 0 Å². The maximum absolute atomic E-state index is 12.5. The zero-order valence-corrected chi connectivity index (χ0v) is 12.4. The van der Waals surface area contributed by atoms with Gasteiger partial charge in [0.15, 0.2) is 0 Å². The van der Waals surface area contributed by atoms with Gasteiger partial charge in [0.1, 0.15) is 5.71 Å². The molecule has 6 heteroatoms. The van der Waals surface area contributed by atoms with Gasteiger partial charge in [-0.2, -0.15) is 5.10 Å². The quantitative estimate of drug-likeness (QED) is 0.533. The van der Waals surface area contributed by atoms with Gasteiger partial charge in [-0.3, -0.25) is 20.3 Å². The van der Waals surface area contributed by atoms with Gasteiger partial charge in [0.05, 0.1) is 10.6 Å². The number of Topliss-reactive ketones (excluding diaryl/α,β-unsaturated/α-hetero) is 1. The van der Waals surface area contributed by atoms with Gasteiger partial charge in [-0.15, -0.1) is 0 Å². The molecule has 1 aliphatic rings. The number of nitrogens with one attached hydrogen (secondary N) is 1. The van der Waals surface area contributed by atoms with Gasteiger partial charge in [0, 0.05) is 17.7 Å². The van der Waals surface area contributed by atoms with Crippen molar-refractivity contribution in [1.29, 1.82) is 0 Å². The average Bonchev–Trinajstić information content (AvgIpc) is 2.73. The number of ketones is 1. The predicted molar refractivity (Wildman–Crippen MR) is 87.9 cm³/mol. The van der Waals surface area contributed by atoms with E-state index in [0.717, 1.165) is 18.4 Å². The summed E-state index contributed by atoms with van der Waals surface area (Å²) in [5, 5.41) is 14.8. The van der Waals surface area contributed by atoms with Crippen LogP contribution in [0.15, 0.2) is 53.6 Å². The Balaban J connectivity index is 1.79. The highest BCUT2D eigenvalue weighted by Gasteiger charge is 2.20. The molecule has 23 heavy (non-hydrogen) atoms. The topological polar surface area (TPSA) is 84.6 Å². The minimum Gasteiger partial charge on any atom is -0.287 e.